The number of hydrogen-bond donors (Lipinski definition) is 1. The maximum absolute atomic E-state index is 13.1. The van der Waals surface area contributed by atoms with E-state index in [4.69, 9.17) is 10.1 Å². The number of hydrogen-bond acceptors (Lipinski definition) is 5. The van der Waals surface area contributed by atoms with Crippen molar-refractivity contribution in [3.8, 4) is 0 Å². The van der Waals surface area contributed by atoms with Gasteiger partial charge in [0.15, 0.2) is 11.3 Å². The monoisotopic (exact) mass is 476 g/mol. The number of carbonyl (C=O) groups excluding carboxylic acids is 1. The SMILES string of the molecule is O=C1NC(SCc2ccccc2)=NN2C1=c1ccccc1=N[C@H]2c1ccccc1Br. The van der Waals surface area contributed by atoms with Crippen LogP contribution in [0.25, 0.3) is 5.70 Å². The molecular weight excluding hydrogens is 460 g/mol. The average Bonchev–Trinajstić information content (AvgIpc) is 2.78. The molecule has 2 aliphatic rings. The summed E-state index contributed by atoms with van der Waals surface area (Å²) >= 11 is 5.13. The number of thioether (sulfide) groups is 1. The summed E-state index contributed by atoms with van der Waals surface area (Å²) in [4.78, 5) is 18.1. The van der Waals surface area contributed by atoms with Gasteiger partial charge in [0.2, 0.25) is 0 Å². The predicted octanol–water partition coefficient (Wildman–Crippen LogP) is 3.53. The molecule has 0 saturated carbocycles. The van der Waals surface area contributed by atoms with Crippen LogP contribution in [0.15, 0.2) is 93.4 Å². The van der Waals surface area contributed by atoms with Crippen molar-refractivity contribution in [2.45, 2.75) is 11.9 Å². The molecule has 2 aliphatic heterocycles. The molecule has 0 aliphatic carbocycles. The van der Waals surface area contributed by atoms with Crippen LogP contribution in [0.2, 0.25) is 0 Å². The Labute approximate surface area is 186 Å². The third kappa shape index (κ3) is 3.55. The fraction of sp³-hybridized carbons (Fsp3) is 0.0870. The second kappa shape index (κ2) is 8.08. The molecule has 3 aromatic carbocycles. The first-order chi connectivity index (χ1) is 14.7. The van der Waals surface area contributed by atoms with E-state index in [0.29, 0.717) is 10.9 Å². The van der Waals surface area contributed by atoms with Crippen molar-refractivity contribution in [3.63, 3.8) is 0 Å². The van der Waals surface area contributed by atoms with Gasteiger partial charge in [-0.1, -0.05) is 94.4 Å². The number of nitrogens with one attached hydrogen (secondary N) is 1. The minimum atomic E-state index is -0.427. The average molecular weight is 477 g/mol. The number of carbonyl (C=O) groups is 1. The molecule has 30 heavy (non-hydrogen) atoms. The summed E-state index contributed by atoms with van der Waals surface area (Å²) in [7, 11) is 0. The molecular formula is C23H17BrN4OS. The van der Waals surface area contributed by atoms with Gasteiger partial charge in [-0.25, -0.2) is 5.01 Å². The van der Waals surface area contributed by atoms with Crippen LogP contribution in [-0.4, -0.2) is 16.1 Å². The molecule has 0 aromatic heterocycles. The number of para-hydroxylation sites is 1. The minimum absolute atomic E-state index is 0.167. The van der Waals surface area contributed by atoms with Crippen molar-refractivity contribution in [1.82, 2.24) is 10.3 Å². The quantitative estimate of drug-likeness (QED) is 0.628. The van der Waals surface area contributed by atoms with Crippen LogP contribution in [0.3, 0.4) is 0 Å². The molecule has 1 N–H and O–H groups in total. The van der Waals surface area contributed by atoms with Crippen LogP contribution < -0.4 is 15.9 Å². The van der Waals surface area contributed by atoms with E-state index in [0.717, 1.165) is 26.4 Å². The van der Waals surface area contributed by atoms with Crippen molar-refractivity contribution in [2.75, 3.05) is 0 Å². The zero-order valence-electron chi connectivity index (χ0n) is 15.8. The zero-order valence-corrected chi connectivity index (χ0v) is 18.2. The lowest BCUT2D eigenvalue weighted by Gasteiger charge is -2.34. The van der Waals surface area contributed by atoms with E-state index >= 15 is 0 Å². The Balaban J connectivity index is 1.59. The number of halogens is 1. The van der Waals surface area contributed by atoms with Gasteiger partial charge in [0, 0.05) is 21.0 Å². The van der Waals surface area contributed by atoms with Crippen molar-refractivity contribution < 1.29 is 4.79 Å². The highest BCUT2D eigenvalue weighted by Crippen LogP contribution is 2.34. The minimum Gasteiger partial charge on any atom is -0.298 e. The Morgan fingerprint density at radius 3 is 2.53 bits per heavy atom. The van der Waals surface area contributed by atoms with Gasteiger partial charge in [0.05, 0.1) is 5.36 Å². The van der Waals surface area contributed by atoms with Gasteiger partial charge >= 0.3 is 0 Å². The lowest BCUT2D eigenvalue weighted by molar-refractivity contribution is -0.116. The predicted molar refractivity (Wildman–Crippen MR) is 123 cm³/mol. The molecule has 0 fully saturated rings. The number of hydrazone groups is 1. The van der Waals surface area contributed by atoms with E-state index in [1.165, 1.54) is 17.3 Å². The number of nitrogens with zero attached hydrogens (tertiary/aromatic N) is 3. The summed E-state index contributed by atoms with van der Waals surface area (Å²) in [5, 5.41) is 11.6. The first kappa shape index (κ1) is 19.1. The summed E-state index contributed by atoms with van der Waals surface area (Å²) in [6, 6.07) is 25.7. The van der Waals surface area contributed by atoms with E-state index < -0.39 is 6.17 Å². The first-order valence-corrected chi connectivity index (χ1v) is 11.3. The molecule has 0 bridgehead atoms. The summed E-state index contributed by atoms with van der Waals surface area (Å²) in [5.41, 5.74) is 2.64. The van der Waals surface area contributed by atoms with E-state index in [2.05, 4.69) is 33.4 Å². The largest absolute Gasteiger partial charge is 0.298 e. The Morgan fingerprint density at radius 1 is 0.967 bits per heavy atom. The number of amides is 1. The molecule has 5 rings (SSSR count). The van der Waals surface area contributed by atoms with Crippen LogP contribution in [0.5, 0.6) is 0 Å². The number of rotatable bonds is 3. The van der Waals surface area contributed by atoms with Gasteiger partial charge < -0.3 is 0 Å². The van der Waals surface area contributed by atoms with Crippen molar-refractivity contribution in [1.29, 1.82) is 0 Å². The highest BCUT2D eigenvalue weighted by atomic mass is 79.9. The summed E-state index contributed by atoms with van der Waals surface area (Å²) < 4.78 is 0.928. The Hall–Kier alpha value is -2.90. The molecule has 0 unspecified atom stereocenters. The highest BCUT2D eigenvalue weighted by molar-refractivity contribution is 9.10. The van der Waals surface area contributed by atoms with E-state index in [1.807, 2.05) is 66.7 Å². The van der Waals surface area contributed by atoms with E-state index in [9.17, 15) is 4.79 Å². The van der Waals surface area contributed by atoms with E-state index in [1.54, 1.807) is 5.01 Å². The molecule has 2 heterocycles. The van der Waals surface area contributed by atoms with Crippen LogP contribution in [0, 0.1) is 0 Å². The molecule has 0 spiro atoms. The summed E-state index contributed by atoms with van der Waals surface area (Å²) in [6.45, 7) is 0. The van der Waals surface area contributed by atoms with E-state index in [-0.39, 0.29) is 5.91 Å². The fourth-order valence-electron chi connectivity index (χ4n) is 3.51. The maximum atomic E-state index is 13.1. The van der Waals surface area contributed by atoms with Gasteiger partial charge in [-0.15, -0.1) is 5.10 Å². The number of benzene rings is 3. The van der Waals surface area contributed by atoms with Gasteiger partial charge in [-0.3, -0.25) is 15.1 Å². The Kier molecular flexibility index (Phi) is 5.14. The van der Waals surface area contributed by atoms with Gasteiger partial charge in [0.1, 0.15) is 5.70 Å². The number of amidine groups is 1. The molecule has 148 valence electrons. The molecule has 0 radical (unpaired) electrons. The molecule has 3 aromatic rings. The topological polar surface area (TPSA) is 57.1 Å². The van der Waals surface area contributed by atoms with Crippen molar-refractivity contribution in [3.05, 3.63) is 105 Å². The lowest BCUT2D eigenvalue weighted by Crippen LogP contribution is -2.50. The maximum Gasteiger partial charge on any atom is 0.276 e. The molecule has 1 amide bonds. The van der Waals surface area contributed by atoms with Gasteiger partial charge in [0.25, 0.3) is 5.91 Å². The highest BCUT2D eigenvalue weighted by Gasteiger charge is 2.35. The zero-order chi connectivity index (χ0) is 20.5. The van der Waals surface area contributed by atoms with Crippen molar-refractivity contribution in [2.24, 2.45) is 10.1 Å². The van der Waals surface area contributed by atoms with Crippen LogP contribution >= 0.6 is 27.7 Å². The van der Waals surface area contributed by atoms with Crippen LogP contribution in [0.4, 0.5) is 0 Å². The normalized spacial score (nSPS) is 17.4. The Morgan fingerprint density at radius 2 is 1.70 bits per heavy atom. The second-order valence-corrected chi connectivity index (χ2v) is 8.69. The summed E-state index contributed by atoms with van der Waals surface area (Å²) in [5.74, 6) is 0.552. The summed E-state index contributed by atoms with van der Waals surface area (Å²) in [6.07, 6.45) is -0.427. The third-order valence-corrected chi connectivity index (χ3v) is 6.57. The lowest BCUT2D eigenvalue weighted by atomic mass is 10.1. The fourth-order valence-corrected chi connectivity index (χ4v) is 4.80. The smallest absolute Gasteiger partial charge is 0.276 e. The van der Waals surface area contributed by atoms with Crippen molar-refractivity contribution >= 4 is 44.5 Å². The Bertz CT molecular complexity index is 1280. The first-order valence-electron chi connectivity index (χ1n) is 9.48. The van der Waals surface area contributed by atoms with Gasteiger partial charge in [-0.05, 0) is 17.7 Å². The molecule has 0 saturated heterocycles. The van der Waals surface area contributed by atoms with Gasteiger partial charge in [-0.2, -0.15) is 0 Å². The number of fused-ring (bicyclic) bond motifs is 2. The molecule has 7 heteroatoms. The van der Waals surface area contributed by atoms with Crippen LogP contribution in [0.1, 0.15) is 17.3 Å². The van der Waals surface area contributed by atoms with Crippen LogP contribution in [-0.2, 0) is 10.5 Å². The molecule has 1 atom stereocenters. The standard InChI is InChI=1S/C23H17BrN4OS/c24-18-12-6-4-10-16(18)21-25-19-13-7-5-11-17(19)20-22(29)26-23(27-28(20)21)30-14-15-8-2-1-3-9-15/h1-13,21H,14H2,(H,26,27,29)/t21-/m1/s1. The third-order valence-electron chi connectivity index (χ3n) is 4.92. The second-order valence-electron chi connectivity index (χ2n) is 6.87. The molecule has 5 nitrogen and oxygen atoms in total.